The van der Waals surface area contributed by atoms with E-state index >= 15 is 0 Å². The molecule has 0 bridgehead atoms. The van der Waals surface area contributed by atoms with Crippen molar-refractivity contribution < 1.29 is 36.2 Å². The van der Waals surface area contributed by atoms with E-state index in [0.717, 1.165) is 17.7 Å². The maximum absolute atomic E-state index is 12.8. The predicted molar refractivity (Wildman–Crippen MR) is 81.6 cm³/mol. The van der Waals surface area contributed by atoms with Crippen molar-refractivity contribution in [2.45, 2.75) is 31.3 Å². The highest BCUT2D eigenvalue weighted by Gasteiger charge is 2.71. The van der Waals surface area contributed by atoms with Crippen molar-refractivity contribution in [2.75, 3.05) is 5.32 Å². The molecular formula is C16H13F6N3O2. The molecule has 2 N–H and O–H groups in total. The van der Waals surface area contributed by atoms with Crippen LogP contribution in [0.3, 0.4) is 0 Å². The molecule has 0 fully saturated rings. The van der Waals surface area contributed by atoms with Gasteiger partial charge < -0.3 is 10.4 Å². The number of amides is 1. The van der Waals surface area contributed by atoms with E-state index in [9.17, 15) is 36.2 Å². The number of nitrogens with one attached hydrogen (secondary N) is 1. The molecule has 0 saturated heterocycles. The number of hydrogen-bond donors (Lipinski definition) is 2. The minimum absolute atomic E-state index is 0.0532. The van der Waals surface area contributed by atoms with Gasteiger partial charge in [0.25, 0.3) is 5.60 Å². The van der Waals surface area contributed by atoms with Gasteiger partial charge in [0, 0.05) is 23.6 Å². The lowest BCUT2D eigenvalue weighted by atomic mass is 9.92. The molecule has 1 amide bonds. The average Bonchev–Trinajstić information content (AvgIpc) is 2.55. The molecule has 146 valence electrons. The van der Waals surface area contributed by atoms with Crippen LogP contribution in [-0.4, -0.2) is 33.3 Å². The number of hydrogen-bond acceptors (Lipinski definition) is 4. The number of aryl methyl sites for hydroxylation is 1. The Balaban J connectivity index is 2.16. The number of anilines is 1. The molecule has 0 saturated carbocycles. The van der Waals surface area contributed by atoms with Gasteiger partial charge in [0.05, 0.1) is 6.42 Å². The Morgan fingerprint density at radius 3 is 1.93 bits per heavy atom. The van der Waals surface area contributed by atoms with E-state index in [-0.39, 0.29) is 17.9 Å². The first-order valence-corrected chi connectivity index (χ1v) is 7.38. The van der Waals surface area contributed by atoms with Crippen molar-refractivity contribution in [2.24, 2.45) is 0 Å². The molecule has 0 spiro atoms. The molecule has 27 heavy (non-hydrogen) atoms. The molecule has 1 heterocycles. The maximum atomic E-state index is 12.8. The van der Waals surface area contributed by atoms with Crippen molar-refractivity contribution in [3.05, 3.63) is 53.6 Å². The smallest absolute Gasteiger partial charge is 0.369 e. The van der Waals surface area contributed by atoms with E-state index in [2.05, 4.69) is 15.3 Å². The van der Waals surface area contributed by atoms with E-state index in [4.69, 9.17) is 0 Å². The molecule has 0 aliphatic carbocycles. The maximum Gasteiger partial charge on any atom is 0.430 e. The number of aromatic nitrogens is 2. The fraction of sp³-hybridized carbons (Fsp3) is 0.312. The first-order valence-electron chi connectivity index (χ1n) is 7.38. The quantitative estimate of drug-likeness (QED) is 0.782. The van der Waals surface area contributed by atoms with Gasteiger partial charge in [0.2, 0.25) is 5.91 Å². The highest BCUT2D eigenvalue weighted by atomic mass is 19.4. The van der Waals surface area contributed by atoms with Crippen molar-refractivity contribution in [3.8, 4) is 0 Å². The molecule has 2 aromatic rings. The molecule has 1 aromatic carbocycles. The Bertz CT molecular complexity index is 787. The van der Waals surface area contributed by atoms with E-state index < -0.39 is 29.4 Å². The summed E-state index contributed by atoms with van der Waals surface area (Å²) in [5, 5.41) is 11.6. The SMILES string of the molecule is Cc1cnc(CC(=O)Nc2ccc(C(O)(C(F)(F)F)C(F)(F)F)cc2)nc1. The minimum atomic E-state index is -5.97. The Hall–Kier alpha value is -2.69. The van der Waals surface area contributed by atoms with Crippen LogP contribution in [0.25, 0.3) is 0 Å². The van der Waals surface area contributed by atoms with Crippen molar-refractivity contribution in [1.29, 1.82) is 0 Å². The van der Waals surface area contributed by atoms with Crippen LogP contribution >= 0.6 is 0 Å². The highest BCUT2D eigenvalue weighted by Crippen LogP contribution is 2.50. The van der Waals surface area contributed by atoms with E-state index in [1.807, 2.05) is 0 Å². The van der Waals surface area contributed by atoms with Gasteiger partial charge in [-0.15, -0.1) is 0 Å². The normalized spacial score (nSPS) is 12.7. The standard InChI is InChI=1S/C16H13F6N3O2/c1-9-7-23-12(24-8-9)6-13(26)25-11-4-2-10(3-5-11)14(27,15(17,18)19)16(20,21)22/h2-5,7-8,27H,6H2,1H3,(H,25,26). The monoisotopic (exact) mass is 393 g/mol. The zero-order valence-electron chi connectivity index (χ0n) is 13.7. The lowest BCUT2D eigenvalue weighted by Gasteiger charge is -2.32. The number of alkyl halides is 6. The molecule has 0 aliphatic heterocycles. The number of carbonyl (C=O) groups excluding carboxylic acids is 1. The Morgan fingerprint density at radius 1 is 1.00 bits per heavy atom. The summed E-state index contributed by atoms with van der Waals surface area (Å²) in [5.74, 6) is -0.424. The van der Waals surface area contributed by atoms with Crippen molar-refractivity contribution >= 4 is 11.6 Å². The van der Waals surface area contributed by atoms with Crippen LogP contribution < -0.4 is 5.32 Å². The Morgan fingerprint density at radius 2 is 1.48 bits per heavy atom. The molecule has 5 nitrogen and oxygen atoms in total. The molecular weight excluding hydrogens is 380 g/mol. The predicted octanol–water partition coefficient (Wildman–Crippen LogP) is 3.28. The highest BCUT2D eigenvalue weighted by molar-refractivity contribution is 5.91. The van der Waals surface area contributed by atoms with Gasteiger partial charge in [0.1, 0.15) is 5.82 Å². The van der Waals surface area contributed by atoms with Crippen molar-refractivity contribution in [3.63, 3.8) is 0 Å². The summed E-state index contributed by atoms with van der Waals surface area (Å²) in [4.78, 5) is 19.7. The number of nitrogens with zero attached hydrogens (tertiary/aromatic N) is 2. The summed E-state index contributed by atoms with van der Waals surface area (Å²) >= 11 is 0. The topological polar surface area (TPSA) is 75.1 Å². The summed E-state index contributed by atoms with van der Waals surface area (Å²) < 4.78 is 76.9. The lowest BCUT2D eigenvalue weighted by molar-refractivity contribution is -0.376. The van der Waals surface area contributed by atoms with Gasteiger partial charge in [-0.25, -0.2) is 9.97 Å². The zero-order chi connectivity index (χ0) is 20.5. The van der Waals surface area contributed by atoms with E-state index in [0.29, 0.717) is 12.1 Å². The van der Waals surface area contributed by atoms with E-state index in [1.165, 1.54) is 12.4 Å². The van der Waals surface area contributed by atoms with Crippen LogP contribution in [0.4, 0.5) is 32.0 Å². The Labute approximate surface area is 149 Å². The molecule has 1 aromatic heterocycles. The molecule has 2 rings (SSSR count). The van der Waals surface area contributed by atoms with Crippen LogP contribution in [0.2, 0.25) is 0 Å². The van der Waals surface area contributed by atoms with Gasteiger partial charge in [-0.3, -0.25) is 4.79 Å². The first-order chi connectivity index (χ1) is 12.3. The molecule has 0 atom stereocenters. The second-order valence-electron chi connectivity index (χ2n) is 5.68. The van der Waals surface area contributed by atoms with Gasteiger partial charge in [-0.1, -0.05) is 12.1 Å². The van der Waals surface area contributed by atoms with Gasteiger partial charge in [0.15, 0.2) is 0 Å². The van der Waals surface area contributed by atoms with Gasteiger partial charge in [-0.2, -0.15) is 26.3 Å². The third kappa shape index (κ3) is 4.35. The molecule has 0 aliphatic rings. The van der Waals surface area contributed by atoms with Crippen LogP contribution in [0.1, 0.15) is 17.0 Å². The molecule has 0 radical (unpaired) electrons. The minimum Gasteiger partial charge on any atom is -0.369 e. The average molecular weight is 393 g/mol. The second-order valence-corrected chi connectivity index (χ2v) is 5.68. The number of rotatable bonds is 4. The van der Waals surface area contributed by atoms with Crippen molar-refractivity contribution in [1.82, 2.24) is 9.97 Å². The van der Waals surface area contributed by atoms with Crippen LogP contribution in [0.15, 0.2) is 36.7 Å². The number of aliphatic hydroxyl groups is 1. The number of benzene rings is 1. The third-order valence-corrected chi connectivity index (χ3v) is 3.56. The van der Waals surface area contributed by atoms with Gasteiger partial charge in [-0.05, 0) is 24.6 Å². The fourth-order valence-electron chi connectivity index (χ4n) is 2.14. The molecule has 11 heteroatoms. The lowest BCUT2D eigenvalue weighted by Crippen LogP contribution is -2.53. The summed E-state index contributed by atoms with van der Waals surface area (Å²) in [6.45, 7) is 1.74. The third-order valence-electron chi connectivity index (χ3n) is 3.56. The fourth-order valence-corrected chi connectivity index (χ4v) is 2.14. The number of carbonyl (C=O) groups is 1. The van der Waals surface area contributed by atoms with Gasteiger partial charge >= 0.3 is 12.4 Å². The summed E-state index contributed by atoms with van der Waals surface area (Å²) in [6.07, 6.45) is -9.21. The first kappa shape index (κ1) is 20.6. The summed E-state index contributed by atoms with van der Waals surface area (Å²) in [7, 11) is 0. The van der Waals surface area contributed by atoms with Crippen LogP contribution in [-0.2, 0) is 16.8 Å². The molecule has 0 unspecified atom stereocenters. The number of halogens is 6. The van der Waals surface area contributed by atoms with Crippen LogP contribution in [0.5, 0.6) is 0 Å². The second kappa shape index (κ2) is 7.14. The Kier molecular flexibility index (Phi) is 5.45. The summed E-state index contributed by atoms with van der Waals surface area (Å²) in [5.41, 5.74) is -5.71. The zero-order valence-corrected chi connectivity index (χ0v) is 13.7. The van der Waals surface area contributed by atoms with E-state index in [1.54, 1.807) is 6.92 Å². The van der Waals surface area contributed by atoms with Crippen LogP contribution in [0, 0.1) is 6.92 Å². The largest absolute Gasteiger partial charge is 0.430 e. The summed E-state index contributed by atoms with van der Waals surface area (Å²) in [6, 6.07) is 2.54.